The third-order valence-corrected chi connectivity index (χ3v) is 2.36. The van der Waals surface area contributed by atoms with Crippen molar-refractivity contribution in [3.63, 3.8) is 0 Å². The Morgan fingerprint density at radius 1 is 1.29 bits per heavy atom. The summed E-state index contributed by atoms with van der Waals surface area (Å²) >= 11 is 0. The topological polar surface area (TPSA) is 65.5 Å². The Bertz CT molecular complexity index is 254. The summed E-state index contributed by atoms with van der Waals surface area (Å²) in [5.74, 6) is 0.891. The molecule has 6 heteroatoms. The van der Waals surface area contributed by atoms with Crippen molar-refractivity contribution in [1.29, 1.82) is 0 Å². The first kappa shape index (κ1) is 16.5. The van der Waals surface area contributed by atoms with Gasteiger partial charge in [-0.05, 0) is 19.3 Å². The minimum atomic E-state index is 0. The number of guanidine groups is 1. The van der Waals surface area contributed by atoms with Gasteiger partial charge in [-0.25, -0.2) is 0 Å². The van der Waals surface area contributed by atoms with Crippen LogP contribution in [0.25, 0.3) is 0 Å². The van der Waals surface area contributed by atoms with E-state index in [4.69, 9.17) is 0 Å². The van der Waals surface area contributed by atoms with Crippen LogP contribution in [0.3, 0.4) is 0 Å². The van der Waals surface area contributed by atoms with Gasteiger partial charge in [0.1, 0.15) is 0 Å². The van der Waals surface area contributed by atoms with Gasteiger partial charge in [0.15, 0.2) is 5.96 Å². The summed E-state index contributed by atoms with van der Waals surface area (Å²) in [4.78, 5) is 15.4. The summed E-state index contributed by atoms with van der Waals surface area (Å²) < 4.78 is 0. The first-order chi connectivity index (χ1) is 7.76. The highest BCUT2D eigenvalue weighted by atomic mass is 127. The number of amides is 1. The third kappa shape index (κ3) is 8.23. The molecule has 0 spiro atoms. The minimum absolute atomic E-state index is 0. The number of aliphatic imine (C=N–C) groups is 1. The molecule has 17 heavy (non-hydrogen) atoms. The Hall–Kier alpha value is -0.530. The van der Waals surface area contributed by atoms with Gasteiger partial charge in [0.25, 0.3) is 0 Å². The van der Waals surface area contributed by atoms with E-state index in [0.29, 0.717) is 19.0 Å². The quantitative estimate of drug-likeness (QED) is 0.376. The molecular weight excluding hydrogens is 331 g/mol. The maximum Gasteiger partial charge on any atom is 0.221 e. The number of carbonyl (C=O) groups excluding carboxylic acids is 1. The van der Waals surface area contributed by atoms with E-state index in [2.05, 4.69) is 20.9 Å². The lowest BCUT2D eigenvalue weighted by molar-refractivity contribution is -0.120. The highest BCUT2D eigenvalue weighted by Gasteiger charge is 2.21. The molecule has 0 saturated heterocycles. The second-order valence-corrected chi connectivity index (χ2v) is 4.02. The Morgan fingerprint density at radius 3 is 2.53 bits per heavy atom. The normalized spacial score (nSPS) is 14.8. The zero-order valence-electron chi connectivity index (χ0n) is 10.6. The van der Waals surface area contributed by atoms with Crippen LogP contribution in [-0.2, 0) is 4.79 Å². The fourth-order valence-corrected chi connectivity index (χ4v) is 1.26. The first-order valence-electron chi connectivity index (χ1n) is 6.00. The van der Waals surface area contributed by atoms with Crippen LogP contribution in [0.15, 0.2) is 4.99 Å². The lowest BCUT2D eigenvalue weighted by atomic mass is 10.4. The molecule has 5 nitrogen and oxygen atoms in total. The summed E-state index contributed by atoms with van der Waals surface area (Å²) in [6, 6.07) is 0.583. The van der Waals surface area contributed by atoms with Crippen molar-refractivity contribution in [1.82, 2.24) is 16.0 Å². The van der Waals surface area contributed by atoms with Crippen LogP contribution in [0.2, 0.25) is 0 Å². The van der Waals surface area contributed by atoms with Crippen LogP contribution in [0, 0.1) is 0 Å². The summed E-state index contributed by atoms with van der Waals surface area (Å²) in [5.41, 5.74) is 0. The molecule has 0 unspecified atom stereocenters. The van der Waals surface area contributed by atoms with E-state index in [0.717, 1.165) is 18.9 Å². The van der Waals surface area contributed by atoms with Crippen LogP contribution in [0.4, 0.5) is 0 Å². The summed E-state index contributed by atoms with van der Waals surface area (Å²) in [7, 11) is 1.74. The first-order valence-corrected chi connectivity index (χ1v) is 6.00. The smallest absolute Gasteiger partial charge is 0.221 e. The lowest BCUT2D eigenvalue weighted by Crippen LogP contribution is -2.40. The van der Waals surface area contributed by atoms with Crippen molar-refractivity contribution < 1.29 is 4.79 Å². The Balaban J connectivity index is 0.00000256. The van der Waals surface area contributed by atoms with Gasteiger partial charge in [-0.3, -0.25) is 9.79 Å². The predicted molar refractivity (Wildman–Crippen MR) is 80.9 cm³/mol. The van der Waals surface area contributed by atoms with Crippen molar-refractivity contribution in [3.05, 3.63) is 0 Å². The molecule has 0 aliphatic heterocycles. The summed E-state index contributed by atoms with van der Waals surface area (Å²) in [5, 5.41) is 9.23. The fraction of sp³-hybridized carbons (Fsp3) is 0.818. The molecule has 1 aliphatic carbocycles. The van der Waals surface area contributed by atoms with Crippen LogP contribution < -0.4 is 16.0 Å². The van der Waals surface area contributed by atoms with Gasteiger partial charge >= 0.3 is 0 Å². The molecule has 0 heterocycles. The monoisotopic (exact) mass is 354 g/mol. The van der Waals surface area contributed by atoms with Crippen LogP contribution in [0.1, 0.15) is 32.6 Å². The van der Waals surface area contributed by atoms with Gasteiger partial charge in [-0.15, -0.1) is 24.0 Å². The van der Waals surface area contributed by atoms with Crippen LogP contribution >= 0.6 is 24.0 Å². The van der Waals surface area contributed by atoms with Crippen molar-refractivity contribution >= 4 is 35.8 Å². The van der Waals surface area contributed by atoms with E-state index in [9.17, 15) is 4.79 Å². The summed E-state index contributed by atoms with van der Waals surface area (Å²) in [6.07, 6.45) is 3.91. The van der Waals surface area contributed by atoms with Gasteiger partial charge in [-0.2, -0.15) is 0 Å². The molecule has 1 rings (SSSR count). The molecule has 3 N–H and O–H groups in total. The lowest BCUT2D eigenvalue weighted by Gasteiger charge is -2.10. The highest BCUT2D eigenvalue weighted by molar-refractivity contribution is 14.0. The molecule has 0 atom stereocenters. The van der Waals surface area contributed by atoms with E-state index in [1.54, 1.807) is 7.05 Å². The van der Waals surface area contributed by atoms with Crippen molar-refractivity contribution in [2.45, 2.75) is 38.6 Å². The largest absolute Gasteiger partial charge is 0.356 e. The molecule has 0 aromatic rings. The van der Waals surface area contributed by atoms with Gasteiger partial charge < -0.3 is 16.0 Å². The molecule has 1 saturated carbocycles. The Labute approximate surface area is 120 Å². The average molecular weight is 354 g/mol. The Kier molecular flexibility index (Phi) is 9.20. The highest BCUT2D eigenvalue weighted by Crippen LogP contribution is 2.18. The third-order valence-electron chi connectivity index (χ3n) is 2.36. The molecule has 1 aliphatic rings. The molecule has 0 aromatic heterocycles. The second kappa shape index (κ2) is 9.49. The average Bonchev–Trinajstić information content (AvgIpc) is 3.08. The molecule has 1 amide bonds. The van der Waals surface area contributed by atoms with Gasteiger partial charge in [-0.1, -0.05) is 6.92 Å². The van der Waals surface area contributed by atoms with Crippen molar-refractivity contribution in [3.8, 4) is 0 Å². The molecule has 0 bridgehead atoms. The second-order valence-electron chi connectivity index (χ2n) is 4.02. The SMILES string of the molecule is CCCNC(=O)CCNC(=NC)NC1CC1.I. The maximum absolute atomic E-state index is 11.3. The van der Waals surface area contributed by atoms with E-state index < -0.39 is 0 Å². The van der Waals surface area contributed by atoms with Crippen LogP contribution in [-0.4, -0.2) is 38.0 Å². The van der Waals surface area contributed by atoms with Gasteiger partial charge in [0, 0.05) is 32.6 Å². The zero-order chi connectivity index (χ0) is 11.8. The molecule has 100 valence electrons. The number of halogens is 1. The van der Waals surface area contributed by atoms with Gasteiger partial charge in [0.2, 0.25) is 5.91 Å². The van der Waals surface area contributed by atoms with E-state index in [-0.39, 0.29) is 29.9 Å². The van der Waals surface area contributed by atoms with Crippen LogP contribution in [0.5, 0.6) is 0 Å². The maximum atomic E-state index is 11.3. The zero-order valence-corrected chi connectivity index (χ0v) is 12.9. The minimum Gasteiger partial charge on any atom is -0.356 e. The molecular formula is C11H23IN4O. The van der Waals surface area contributed by atoms with Crippen molar-refractivity contribution in [2.24, 2.45) is 4.99 Å². The van der Waals surface area contributed by atoms with Crippen molar-refractivity contribution in [2.75, 3.05) is 20.1 Å². The Morgan fingerprint density at radius 2 is 2.00 bits per heavy atom. The number of rotatable bonds is 6. The number of nitrogens with zero attached hydrogens (tertiary/aromatic N) is 1. The molecule has 0 aromatic carbocycles. The standard InChI is InChI=1S/C11H22N4O.HI/c1-3-7-13-10(16)6-8-14-11(12-2)15-9-4-5-9;/h9H,3-8H2,1-2H3,(H,13,16)(H2,12,14,15);1H. The fourth-order valence-electron chi connectivity index (χ4n) is 1.26. The van der Waals surface area contributed by atoms with E-state index in [1.807, 2.05) is 6.92 Å². The molecule has 0 radical (unpaired) electrons. The summed E-state index contributed by atoms with van der Waals surface area (Å²) in [6.45, 7) is 3.43. The van der Waals surface area contributed by atoms with E-state index in [1.165, 1.54) is 12.8 Å². The number of hydrogen-bond donors (Lipinski definition) is 3. The predicted octanol–water partition coefficient (Wildman–Crippen LogP) is 0.848. The number of nitrogens with one attached hydrogen (secondary N) is 3. The number of hydrogen-bond acceptors (Lipinski definition) is 2. The molecule has 1 fully saturated rings. The van der Waals surface area contributed by atoms with E-state index >= 15 is 0 Å². The number of carbonyl (C=O) groups is 1. The van der Waals surface area contributed by atoms with Gasteiger partial charge in [0.05, 0.1) is 0 Å².